The molecule has 4 unspecified atom stereocenters. The third-order valence-corrected chi connectivity index (χ3v) is 8.35. The van der Waals surface area contributed by atoms with Gasteiger partial charge in [-0.05, 0) is 67.6 Å². The van der Waals surface area contributed by atoms with Gasteiger partial charge in [0, 0.05) is 44.2 Å². The molecule has 3 amide bonds. The molecule has 4 rings (SSSR count). The van der Waals surface area contributed by atoms with Crippen LogP contribution in [0.5, 0.6) is 0 Å². The monoisotopic (exact) mass is 585 g/mol. The van der Waals surface area contributed by atoms with Gasteiger partial charge in [-0.15, -0.1) is 0 Å². The van der Waals surface area contributed by atoms with Crippen LogP contribution in [0.25, 0.3) is 0 Å². The number of carbonyl (C=O) groups is 3. The summed E-state index contributed by atoms with van der Waals surface area (Å²) in [5.41, 5.74) is 1.79. The van der Waals surface area contributed by atoms with E-state index in [1.807, 2.05) is 29.2 Å². The van der Waals surface area contributed by atoms with Gasteiger partial charge in [0.15, 0.2) is 0 Å². The number of benzene rings is 2. The van der Waals surface area contributed by atoms with Crippen molar-refractivity contribution < 1.29 is 18.8 Å². The van der Waals surface area contributed by atoms with Crippen LogP contribution in [-0.2, 0) is 27.2 Å². The Morgan fingerprint density at radius 2 is 1.73 bits per heavy atom. The molecule has 2 aromatic rings. The van der Waals surface area contributed by atoms with E-state index in [4.69, 9.17) is 11.6 Å². The van der Waals surface area contributed by atoms with E-state index in [0.29, 0.717) is 31.1 Å². The number of likely N-dealkylation sites (N-methyl/N-ethyl adjacent to an activating group) is 1. The molecule has 8 nitrogen and oxygen atoms in total. The van der Waals surface area contributed by atoms with E-state index in [1.165, 1.54) is 12.1 Å². The first kappa shape index (κ1) is 30.9. The highest BCUT2D eigenvalue weighted by Gasteiger charge is 2.38. The molecule has 41 heavy (non-hydrogen) atoms. The average molecular weight is 586 g/mol. The van der Waals surface area contributed by atoms with E-state index >= 15 is 0 Å². The standard InChI is InChI=1S/C31H41ClFN5O3/c1-3-5-25-20-37(28(30(40)34-2)19-22-7-11-23(32)12-8-22)16-17-38(25)31(41)27(18-21-9-13-24(33)14-10-21)36-29(39)26-6-4-15-35-26/h7-14,25-28,35H,3-6,15-20H2,1-2H3,(H,34,40)(H,36,39). The summed E-state index contributed by atoms with van der Waals surface area (Å²) in [4.78, 5) is 44.2. The highest BCUT2D eigenvalue weighted by Crippen LogP contribution is 2.22. The summed E-state index contributed by atoms with van der Waals surface area (Å²) < 4.78 is 13.6. The number of piperazine rings is 1. The summed E-state index contributed by atoms with van der Waals surface area (Å²) in [6.07, 6.45) is 4.08. The van der Waals surface area contributed by atoms with Crippen molar-refractivity contribution in [3.63, 3.8) is 0 Å². The topological polar surface area (TPSA) is 93.8 Å². The van der Waals surface area contributed by atoms with Gasteiger partial charge in [-0.1, -0.05) is 49.2 Å². The lowest BCUT2D eigenvalue weighted by molar-refractivity contribution is -0.142. The highest BCUT2D eigenvalue weighted by molar-refractivity contribution is 6.30. The summed E-state index contributed by atoms with van der Waals surface area (Å²) in [6.45, 7) is 4.37. The van der Waals surface area contributed by atoms with Gasteiger partial charge in [0.1, 0.15) is 11.9 Å². The van der Waals surface area contributed by atoms with Gasteiger partial charge in [-0.3, -0.25) is 19.3 Å². The second-order valence-electron chi connectivity index (χ2n) is 11.0. The number of amides is 3. The van der Waals surface area contributed by atoms with Crippen molar-refractivity contribution >= 4 is 29.3 Å². The van der Waals surface area contributed by atoms with Gasteiger partial charge in [0.25, 0.3) is 0 Å². The largest absolute Gasteiger partial charge is 0.358 e. The Morgan fingerprint density at radius 1 is 1.05 bits per heavy atom. The van der Waals surface area contributed by atoms with Gasteiger partial charge < -0.3 is 20.9 Å². The Balaban J connectivity index is 1.52. The van der Waals surface area contributed by atoms with E-state index in [0.717, 1.165) is 43.4 Å². The molecule has 2 aliphatic rings. The quantitative estimate of drug-likeness (QED) is 0.377. The van der Waals surface area contributed by atoms with Crippen LogP contribution in [0.4, 0.5) is 4.39 Å². The number of hydrogen-bond donors (Lipinski definition) is 3. The summed E-state index contributed by atoms with van der Waals surface area (Å²) in [5, 5.41) is 9.65. The van der Waals surface area contributed by atoms with Crippen molar-refractivity contribution in [2.45, 2.75) is 69.6 Å². The average Bonchev–Trinajstić information content (AvgIpc) is 3.52. The third kappa shape index (κ3) is 8.27. The van der Waals surface area contributed by atoms with Gasteiger partial charge in [0.2, 0.25) is 17.7 Å². The van der Waals surface area contributed by atoms with E-state index in [2.05, 4.69) is 27.8 Å². The van der Waals surface area contributed by atoms with Gasteiger partial charge in [-0.2, -0.15) is 0 Å². The molecular weight excluding hydrogens is 545 g/mol. The maximum absolute atomic E-state index is 14.1. The molecule has 4 atom stereocenters. The summed E-state index contributed by atoms with van der Waals surface area (Å²) >= 11 is 6.06. The van der Waals surface area contributed by atoms with E-state index in [-0.39, 0.29) is 48.1 Å². The second kappa shape index (κ2) is 14.8. The number of hydrogen-bond acceptors (Lipinski definition) is 5. The zero-order valence-electron chi connectivity index (χ0n) is 23.9. The van der Waals surface area contributed by atoms with Crippen LogP contribution in [0.2, 0.25) is 5.02 Å². The van der Waals surface area contributed by atoms with Crippen molar-refractivity contribution in [1.29, 1.82) is 0 Å². The molecule has 2 heterocycles. The van der Waals surface area contributed by atoms with Crippen LogP contribution in [0, 0.1) is 5.82 Å². The molecule has 2 saturated heterocycles. The zero-order valence-corrected chi connectivity index (χ0v) is 24.6. The Hall–Kier alpha value is -3.01. The molecule has 0 radical (unpaired) electrons. The first-order valence-corrected chi connectivity index (χ1v) is 15.0. The third-order valence-electron chi connectivity index (χ3n) is 8.10. The zero-order chi connectivity index (χ0) is 29.4. The van der Waals surface area contributed by atoms with Crippen molar-refractivity contribution in [1.82, 2.24) is 25.8 Å². The fraction of sp³-hybridized carbons (Fsp3) is 0.516. The molecule has 0 spiro atoms. The van der Waals surface area contributed by atoms with Crippen LogP contribution >= 0.6 is 11.6 Å². The van der Waals surface area contributed by atoms with Crippen LogP contribution in [-0.4, -0.2) is 84.9 Å². The van der Waals surface area contributed by atoms with Crippen molar-refractivity contribution in [3.8, 4) is 0 Å². The molecule has 10 heteroatoms. The molecule has 2 aliphatic heterocycles. The minimum atomic E-state index is -0.773. The van der Waals surface area contributed by atoms with Crippen LogP contribution in [0.1, 0.15) is 43.7 Å². The summed E-state index contributed by atoms with van der Waals surface area (Å²) in [6, 6.07) is 12.0. The minimum absolute atomic E-state index is 0.0690. The van der Waals surface area contributed by atoms with Crippen molar-refractivity contribution in [3.05, 3.63) is 70.5 Å². The van der Waals surface area contributed by atoms with Gasteiger partial charge in [0.05, 0.1) is 12.1 Å². The first-order chi connectivity index (χ1) is 19.8. The van der Waals surface area contributed by atoms with Crippen LogP contribution < -0.4 is 16.0 Å². The Morgan fingerprint density at radius 3 is 2.37 bits per heavy atom. The van der Waals surface area contributed by atoms with Crippen molar-refractivity contribution in [2.24, 2.45) is 0 Å². The molecule has 0 saturated carbocycles. The van der Waals surface area contributed by atoms with E-state index in [9.17, 15) is 18.8 Å². The number of halogens is 2. The van der Waals surface area contributed by atoms with Crippen LogP contribution in [0.15, 0.2) is 48.5 Å². The molecule has 3 N–H and O–H groups in total. The Bertz CT molecular complexity index is 1170. The molecule has 0 aromatic heterocycles. The number of rotatable bonds is 11. The SMILES string of the molecule is CCCC1CN(C(Cc2ccc(Cl)cc2)C(=O)NC)CCN1C(=O)C(Cc1ccc(F)cc1)NC(=O)C1CCCN1. The fourth-order valence-electron chi connectivity index (χ4n) is 5.87. The molecule has 2 fully saturated rings. The number of nitrogens with one attached hydrogen (secondary N) is 3. The Kier molecular flexibility index (Phi) is 11.1. The Labute approximate surface area is 247 Å². The predicted octanol–water partition coefficient (Wildman–Crippen LogP) is 2.93. The van der Waals surface area contributed by atoms with E-state index < -0.39 is 6.04 Å². The normalized spacial score (nSPS) is 20.8. The number of nitrogens with zero attached hydrogens (tertiary/aromatic N) is 2. The molecule has 0 bridgehead atoms. The van der Waals surface area contributed by atoms with Gasteiger partial charge in [-0.25, -0.2) is 4.39 Å². The van der Waals surface area contributed by atoms with Gasteiger partial charge >= 0.3 is 0 Å². The fourth-order valence-corrected chi connectivity index (χ4v) is 5.99. The smallest absolute Gasteiger partial charge is 0.245 e. The maximum Gasteiger partial charge on any atom is 0.245 e. The summed E-state index contributed by atoms with van der Waals surface area (Å²) in [5.74, 6) is -0.746. The molecule has 222 valence electrons. The predicted molar refractivity (Wildman–Crippen MR) is 158 cm³/mol. The molecule has 0 aliphatic carbocycles. The molecule has 2 aromatic carbocycles. The first-order valence-electron chi connectivity index (χ1n) is 14.6. The number of carbonyl (C=O) groups excluding carboxylic acids is 3. The second-order valence-corrected chi connectivity index (χ2v) is 11.4. The van der Waals surface area contributed by atoms with E-state index in [1.54, 1.807) is 19.2 Å². The van der Waals surface area contributed by atoms with Crippen LogP contribution in [0.3, 0.4) is 0 Å². The lowest BCUT2D eigenvalue weighted by Gasteiger charge is -2.45. The highest BCUT2D eigenvalue weighted by atomic mass is 35.5. The maximum atomic E-state index is 14.1. The summed E-state index contributed by atoms with van der Waals surface area (Å²) in [7, 11) is 1.64. The minimum Gasteiger partial charge on any atom is -0.358 e. The lowest BCUT2D eigenvalue weighted by Crippen LogP contribution is -2.63. The van der Waals surface area contributed by atoms with Crippen molar-refractivity contribution in [2.75, 3.05) is 33.2 Å². The molecular formula is C31H41ClFN5O3. The lowest BCUT2D eigenvalue weighted by atomic mass is 9.98.